The highest BCUT2D eigenvalue weighted by molar-refractivity contribution is 5.79. The van der Waals surface area contributed by atoms with E-state index in [-0.39, 0.29) is 13.0 Å². The standard InChI is InChI=1S/C32H58O4/c1-3-5-6-7-8-9-10-11-12-13-14-15-16-17-18-19-20-21-22-23-24-25-26-27-30(29-31(33)34)32(35)36-28-4-2/h4,9-10,30H,2-3,5-8,11-29H2,1H3,(H,33,34)/b10-9+. The zero-order valence-corrected chi connectivity index (χ0v) is 23.7. The number of carboxylic acids is 1. The van der Waals surface area contributed by atoms with E-state index in [1.54, 1.807) is 0 Å². The number of allylic oxidation sites excluding steroid dienone is 2. The van der Waals surface area contributed by atoms with Gasteiger partial charge < -0.3 is 9.84 Å². The minimum absolute atomic E-state index is 0.145. The molecule has 0 bridgehead atoms. The molecule has 0 aromatic carbocycles. The van der Waals surface area contributed by atoms with Crippen molar-refractivity contribution in [2.45, 2.75) is 155 Å². The van der Waals surface area contributed by atoms with Gasteiger partial charge in [0, 0.05) is 0 Å². The Bertz CT molecular complexity index is 540. The Morgan fingerprint density at radius 3 is 1.53 bits per heavy atom. The fourth-order valence-corrected chi connectivity index (χ4v) is 4.65. The topological polar surface area (TPSA) is 63.6 Å². The van der Waals surface area contributed by atoms with Gasteiger partial charge in [0.25, 0.3) is 0 Å². The summed E-state index contributed by atoms with van der Waals surface area (Å²) in [5.41, 5.74) is 0. The zero-order valence-electron chi connectivity index (χ0n) is 23.7. The van der Waals surface area contributed by atoms with Crippen LogP contribution < -0.4 is 0 Å². The molecule has 36 heavy (non-hydrogen) atoms. The maximum Gasteiger partial charge on any atom is 0.309 e. The summed E-state index contributed by atoms with van der Waals surface area (Å²) < 4.78 is 5.03. The van der Waals surface area contributed by atoms with Gasteiger partial charge in [0.1, 0.15) is 6.61 Å². The molecule has 4 heteroatoms. The van der Waals surface area contributed by atoms with Gasteiger partial charge in [0.15, 0.2) is 0 Å². The van der Waals surface area contributed by atoms with E-state index >= 15 is 0 Å². The van der Waals surface area contributed by atoms with Crippen molar-refractivity contribution >= 4 is 11.9 Å². The Labute approximate surface area is 223 Å². The van der Waals surface area contributed by atoms with Crippen LogP contribution in [0, 0.1) is 5.92 Å². The first kappa shape index (κ1) is 34.4. The Morgan fingerprint density at radius 1 is 0.694 bits per heavy atom. The number of hydrogen-bond donors (Lipinski definition) is 1. The van der Waals surface area contributed by atoms with Crippen molar-refractivity contribution < 1.29 is 19.4 Å². The predicted molar refractivity (Wildman–Crippen MR) is 153 cm³/mol. The van der Waals surface area contributed by atoms with Crippen LogP contribution in [0.25, 0.3) is 0 Å². The van der Waals surface area contributed by atoms with Crippen LogP contribution in [-0.4, -0.2) is 23.7 Å². The van der Waals surface area contributed by atoms with E-state index in [1.165, 1.54) is 122 Å². The highest BCUT2D eigenvalue weighted by atomic mass is 16.5. The van der Waals surface area contributed by atoms with Gasteiger partial charge in [-0.25, -0.2) is 0 Å². The number of ether oxygens (including phenoxy) is 1. The Balaban J connectivity index is 3.38. The second kappa shape index (κ2) is 28.0. The summed E-state index contributed by atoms with van der Waals surface area (Å²) in [6, 6.07) is 0. The van der Waals surface area contributed by atoms with Crippen LogP contribution in [0.4, 0.5) is 0 Å². The summed E-state index contributed by atoms with van der Waals surface area (Å²) in [5.74, 6) is -1.88. The van der Waals surface area contributed by atoms with Gasteiger partial charge in [-0.3, -0.25) is 9.59 Å². The summed E-state index contributed by atoms with van der Waals surface area (Å²) >= 11 is 0. The molecule has 0 aliphatic heterocycles. The predicted octanol–water partition coefficient (Wildman–Crippen LogP) is 9.96. The first-order valence-electron chi connectivity index (χ1n) is 15.3. The van der Waals surface area contributed by atoms with Crippen molar-refractivity contribution in [1.82, 2.24) is 0 Å². The summed E-state index contributed by atoms with van der Waals surface area (Å²) in [4.78, 5) is 22.9. The lowest BCUT2D eigenvalue weighted by Gasteiger charge is -2.13. The van der Waals surface area contributed by atoms with E-state index in [0.717, 1.165) is 19.3 Å². The van der Waals surface area contributed by atoms with Gasteiger partial charge in [-0.05, 0) is 32.1 Å². The number of aliphatic carboxylic acids is 1. The van der Waals surface area contributed by atoms with E-state index in [1.807, 2.05) is 0 Å². The molecule has 210 valence electrons. The van der Waals surface area contributed by atoms with E-state index in [2.05, 4.69) is 25.7 Å². The third-order valence-electron chi connectivity index (χ3n) is 6.91. The molecule has 0 rings (SSSR count). The summed E-state index contributed by atoms with van der Waals surface area (Å²) in [6.45, 7) is 5.93. The molecule has 0 heterocycles. The lowest BCUT2D eigenvalue weighted by Crippen LogP contribution is -2.21. The third kappa shape index (κ3) is 25.5. The van der Waals surface area contributed by atoms with Crippen molar-refractivity contribution in [3.05, 3.63) is 24.8 Å². The Kier molecular flexibility index (Phi) is 26.8. The summed E-state index contributed by atoms with van der Waals surface area (Å²) in [6.07, 6.45) is 34.1. The minimum atomic E-state index is -0.942. The van der Waals surface area contributed by atoms with Crippen LogP contribution in [0.5, 0.6) is 0 Å². The number of carbonyl (C=O) groups is 2. The van der Waals surface area contributed by atoms with Gasteiger partial charge in [-0.1, -0.05) is 141 Å². The first-order chi connectivity index (χ1) is 17.6. The highest BCUT2D eigenvalue weighted by Gasteiger charge is 2.22. The minimum Gasteiger partial charge on any atom is -0.481 e. The first-order valence-corrected chi connectivity index (χ1v) is 15.3. The lowest BCUT2D eigenvalue weighted by molar-refractivity contribution is -0.152. The maximum absolute atomic E-state index is 12.0. The third-order valence-corrected chi connectivity index (χ3v) is 6.91. The molecule has 1 atom stereocenters. The Hall–Kier alpha value is -1.58. The molecular formula is C32H58O4. The summed E-state index contributed by atoms with van der Waals surface area (Å²) in [5, 5.41) is 9.01. The fraction of sp³-hybridized carbons (Fsp3) is 0.812. The van der Waals surface area contributed by atoms with Crippen LogP contribution in [0.2, 0.25) is 0 Å². The molecule has 0 aromatic rings. The molecule has 1 unspecified atom stereocenters. The fourth-order valence-electron chi connectivity index (χ4n) is 4.65. The molecule has 0 spiro atoms. The molecule has 0 radical (unpaired) electrons. The molecule has 0 amide bonds. The monoisotopic (exact) mass is 506 g/mol. The van der Waals surface area contributed by atoms with Gasteiger partial charge in [-0.2, -0.15) is 0 Å². The second-order valence-corrected chi connectivity index (χ2v) is 10.4. The molecule has 1 N–H and O–H groups in total. The van der Waals surface area contributed by atoms with Crippen LogP contribution >= 0.6 is 0 Å². The van der Waals surface area contributed by atoms with Crippen LogP contribution in [0.15, 0.2) is 24.8 Å². The summed E-state index contributed by atoms with van der Waals surface area (Å²) in [7, 11) is 0. The number of carbonyl (C=O) groups excluding carboxylic acids is 1. The lowest BCUT2D eigenvalue weighted by atomic mass is 9.97. The molecule has 4 nitrogen and oxygen atoms in total. The van der Waals surface area contributed by atoms with Crippen LogP contribution in [0.1, 0.15) is 155 Å². The smallest absolute Gasteiger partial charge is 0.309 e. The van der Waals surface area contributed by atoms with Gasteiger partial charge in [0.2, 0.25) is 0 Å². The quantitative estimate of drug-likeness (QED) is 0.0651. The van der Waals surface area contributed by atoms with E-state index in [9.17, 15) is 9.59 Å². The molecule has 0 saturated heterocycles. The number of unbranched alkanes of at least 4 members (excludes halogenated alkanes) is 19. The van der Waals surface area contributed by atoms with Crippen molar-refractivity contribution in [3.63, 3.8) is 0 Å². The van der Waals surface area contributed by atoms with Crippen LogP contribution in [-0.2, 0) is 14.3 Å². The molecule has 0 saturated carbocycles. The van der Waals surface area contributed by atoms with Gasteiger partial charge in [0.05, 0.1) is 12.3 Å². The average molecular weight is 507 g/mol. The molecular weight excluding hydrogens is 448 g/mol. The SMILES string of the molecule is C=CCOC(=O)C(CCCCCCCCCCCCCCCCC/C=C/CCCCCC)CC(=O)O. The molecule has 0 aliphatic rings. The van der Waals surface area contributed by atoms with E-state index in [4.69, 9.17) is 9.84 Å². The second-order valence-electron chi connectivity index (χ2n) is 10.4. The number of carboxylic acid groups (broad SMARTS) is 1. The normalized spacial score (nSPS) is 12.1. The van der Waals surface area contributed by atoms with Crippen molar-refractivity contribution in [3.8, 4) is 0 Å². The van der Waals surface area contributed by atoms with Crippen molar-refractivity contribution in [1.29, 1.82) is 0 Å². The van der Waals surface area contributed by atoms with Crippen LogP contribution in [0.3, 0.4) is 0 Å². The van der Waals surface area contributed by atoms with Crippen molar-refractivity contribution in [2.75, 3.05) is 6.61 Å². The largest absolute Gasteiger partial charge is 0.481 e. The number of hydrogen-bond acceptors (Lipinski definition) is 3. The van der Waals surface area contributed by atoms with Gasteiger partial charge >= 0.3 is 11.9 Å². The van der Waals surface area contributed by atoms with Crippen molar-refractivity contribution in [2.24, 2.45) is 5.92 Å². The van der Waals surface area contributed by atoms with Gasteiger partial charge in [-0.15, -0.1) is 0 Å². The molecule has 0 fully saturated rings. The highest BCUT2D eigenvalue weighted by Crippen LogP contribution is 2.18. The number of esters is 1. The molecule has 0 aliphatic carbocycles. The number of rotatable bonds is 28. The van der Waals surface area contributed by atoms with E-state index < -0.39 is 17.9 Å². The molecule has 0 aromatic heterocycles. The van der Waals surface area contributed by atoms with E-state index in [0.29, 0.717) is 6.42 Å². The Morgan fingerprint density at radius 2 is 1.11 bits per heavy atom. The zero-order chi connectivity index (χ0) is 26.5. The average Bonchev–Trinajstić information content (AvgIpc) is 2.86. The maximum atomic E-state index is 12.0.